The molecule has 2 aromatic rings. The van der Waals surface area contributed by atoms with Crippen molar-refractivity contribution < 1.29 is 23.9 Å². The maximum absolute atomic E-state index is 13.3. The maximum Gasteiger partial charge on any atom is 0.276 e. The number of imide groups is 1. The number of carbonyl (C=O) groups is 4. The molecule has 1 spiro atoms. The van der Waals surface area contributed by atoms with Crippen molar-refractivity contribution in [1.82, 2.24) is 30.1 Å². The molecule has 3 aliphatic heterocycles. The van der Waals surface area contributed by atoms with Gasteiger partial charge in [-0.3, -0.25) is 24.5 Å². The number of rotatable bonds is 4. The second-order valence-corrected chi connectivity index (χ2v) is 9.85. The summed E-state index contributed by atoms with van der Waals surface area (Å²) in [6, 6.07) is 4.61. The van der Waals surface area contributed by atoms with E-state index >= 15 is 0 Å². The summed E-state index contributed by atoms with van der Waals surface area (Å²) in [6.07, 6.45) is 6.10. The van der Waals surface area contributed by atoms with Gasteiger partial charge in [0.25, 0.3) is 11.8 Å². The third-order valence-corrected chi connectivity index (χ3v) is 7.91. The Morgan fingerprint density at radius 2 is 2.06 bits per heavy atom. The summed E-state index contributed by atoms with van der Waals surface area (Å²) in [5.41, 5.74) is 2.09. The highest BCUT2D eigenvalue weighted by Crippen LogP contribution is 2.46. The molecule has 1 saturated carbocycles. The first-order chi connectivity index (χ1) is 16.9. The van der Waals surface area contributed by atoms with Gasteiger partial charge < -0.3 is 14.5 Å². The summed E-state index contributed by atoms with van der Waals surface area (Å²) in [5, 5.41) is 10.6. The lowest BCUT2D eigenvalue weighted by Gasteiger charge is -2.45. The fourth-order valence-electron chi connectivity index (χ4n) is 5.84. The molecule has 1 aromatic carbocycles. The van der Waals surface area contributed by atoms with Crippen molar-refractivity contribution in [3.05, 3.63) is 41.2 Å². The van der Waals surface area contributed by atoms with E-state index in [1.807, 2.05) is 11.0 Å². The first-order valence-electron chi connectivity index (χ1n) is 11.9. The molecule has 6 rings (SSSR count). The minimum absolute atomic E-state index is 0.0378. The van der Waals surface area contributed by atoms with Gasteiger partial charge in [0.15, 0.2) is 5.69 Å². The van der Waals surface area contributed by atoms with Gasteiger partial charge >= 0.3 is 0 Å². The molecule has 1 aliphatic carbocycles. The van der Waals surface area contributed by atoms with Gasteiger partial charge in [-0.05, 0) is 55.9 Å². The number of fused-ring (bicyclic) bond motifs is 1. The van der Waals surface area contributed by atoms with Crippen LogP contribution in [-0.4, -0.2) is 79.8 Å². The normalized spacial score (nSPS) is 25.1. The Balaban J connectivity index is 1.21. The Hall–Kier alpha value is -3.60. The number of nitrogens with one attached hydrogen (secondary N) is 1. The number of hydrogen-bond donors (Lipinski definition) is 1. The van der Waals surface area contributed by atoms with Gasteiger partial charge in [-0.15, -0.1) is 5.10 Å². The van der Waals surface area contributed by atoms with Crippen LogP contribution in [0.1, 0.15) is 64.9 Å². The standard InChI is InChI=1S/C24H26N6O5/c1-35-16-10-24(7-2-8-24)29(12-16)23(34)18-13-30(27-26-18)15-3-4-17-14(9-15)11-28(22(17)33)19-5-6-20(31)25-21(19)32/h3-4,9,13,16,19H,2,5-8,10-12H2,1H3,(H,25,31,32). The number of aromatic nitrogens is 3. The Morgan fingerprint density at radius 1 is 1.23 bits per heavy atom. The summed E-state index contributed by atoms with van der Waals surface area (Å²) < 4.78 is 7.07. The highest BCUT2D eigenvalue weighted by Gasteiger charge is 2.52. The molecule has 2 atom stereocenters. The lowest BCUT2D eigenvalue weighted by Crippen LogP contribution is -2.52. The van der Waals surface area contributed by atoms with Crippen LogP contribution in [0.3, 0.4) is 0 Å². The molecule has 182 valence electrons. The molecule has 2 unspecified atom stereocenters. The zero-order chi connectivity index (χ0) is 24.3. The molecule has 4 heterocycles. The number of benzene rings is 1. The number of hydrogen-bond acceptors (Lipinski definition) is 7. The zero-order valence-electron chi connectivity index (χ0n) is 19.4. The highest BCUT2D eigenvalue weighted by atomic mass is 16.5. The average molecular weight is 479 g/mol. The van der Waals surface area contributed by atoms with Crippen molar-refractivity contribution in [2.45, 2.75) is 62.8 Å². The Bertz CT molecular complexity index is 1250. The van der Waals surface area contributed by atoms with Crippen molar-refractivity contribution >= 4 is 23.6 Å². The molecule has 1 aromatic heterocycles. The van der Waals surface area contributed by atoms with Crippen molar-refractivity contribution in [1.29, 1.82) is 0 Å². The van der Waals surface area contributed by atoms with Crippen LogP contribution < -0.4 is 5.32 Å². The minimum atomic E-state index is -0.665. The zero-order valence-corrected chi connectivity index (χ0v) is 19.4. The fraction of sp³-hybridized carbons (Fsp3) is 0.500. The van der Waals surface area contributed by atoms with Crippen LogP contribution in [0.2, 0.25) is 0 Å². The van der Waals surface area contributed by atoms with E-state index < -0.39 is 11.9 Å². The quantitative estimate of drug-likeness (QED) is 0.645. The third-order valence-electron chi connectivity index (χ3n) is 7.91. The largest absolute Gasteiger partial charge is 0.380 e. The van der Waals surface area contributed by atoms with E-state index in [9.17, 15) is 19.2 Å². The number of piperidine rings is 1. The Labute approximate surface area is 201 Å². The molecule has 2 saturated heterocycles. The van der Waals surface area contributed by atoms with Gasteiger partial charge in [0.05, 0.1) is 18.0 Å². The highest BCUT2D eigenvalue weighted by molar-refractivity contribution is 6.05. The topological polar surface area (TPSA) is 127 Å². The number of amides is 4. The van der Waals surface area contributed by atoms with E-state index in [1.54, 1.807) is 25.4 Å². The van der Waals surface area contributed by atoms with Gasteiger partial charge in [-0.25, -0.2) is 4.68 Å². The number of nitrogens with zero attached hydrogens (tertiary/aromatic N) is 5. The molecular formula is C24H26N6O5. The summed E-state index contributed by atoms with van der Waals surface area (Å²) in [5.74, 6) is -1.13. The second kappa shape index (κ2) is 7.98. The number of carbonyl (C=O) groups excluding carboxylic acids is 4. The van der Waals surface area contributed by atoms with Crippen LogP contribution in [0.25, 0.3) is 5.69 Å². The van der Waals surface area contributed by atoms with E-state index in [2.05, 4.69) is 15.6 Å². The van der Waals surface area contributed by atoms with E-state index in [4.69, 9.17) is 4.74 Å². The number of likely N-dealkylation sites (tertiary alicyclic amines) is 1. The SMILES string of the molecule is COC1CN(C(=O)c2cn(-c3ccc4c(c3)CN(C3CCC(=O)NC3=O)C4=O)nn2)C2(CCC2)C1. The van der Waals surface area contributed by atoms with Crippen molar-refractivity contribution in [2.24, 2.45) is 0 Å². The maximum atomic E-state index is 13.3. The second-order valence-electron chi connectivity index (χ2n) is 9.85. The molecular weight excluding hydrogens is 452 g/mol. The van der Waals surface area contributed by atoms with Crippen LogP contribution in [0.5, 0.6) is 0 Å². The molecule has 1 N–H and O–H groups in total. The average Bonchev–Trinajstić information content (AvgIpc) is 3.54. The van der Waals surface area contributed by atoms with Gasteiger partial charge in [-0.2, -0.15) is 0 Å². The molecule has 11 nitrogen and oxygen atoms in total. The predicted octanol–water partition coefficient (Wildman–Crippen LogP) is 0.812. The van der Waals surface area contributed by atoms with Crippen LogP contribution in [-0.2, 0) is 20.9 Å². The lowest BCUT2D eigenvalue weighted by molar-refractivity contribution is -0.136. The first-order valence-corrected chi connectivity index (χ1v) is 11.9. The van der Waals surface area contributed by atoms with Crippen LogP contribution in [0, 0.1) is 0 Å². The van der Waals surface area contributed by atoms with Crippen LogP contribution in [0.4, 0.5) is 0 Å². The summed E-state index contributed by atoms with van der Waals surface area (Å²) >= 11 is 0. The van der Waals surface area contributed by atoms with Gasteiger partial charge in [0.2, 0.25) is 11.8 Å². The molecule has 4 aliphatic rings. The molecule has 35 heavy (non-hydrogen) atoms. The van der Waals surface area contributed by atoms with E-state index in [1.165, 1.54) is 9.58 Å². The summed E-state index contributed by atoms with van der Waals surface area (Å²) in [7, 11) is 1.68. The van der Waals surface area contributed by atoms with Crippen molar-refractivity contribution in [3.8, 4) is 5.69 Å². The van der Waals surface area contributed by atoms with E-state index in [-0.39, 0.29) is 48.0 Å². The molecule has 4 amide bonds. The molecule has 3 fully saturated rings. The Kier molecular flexibility index (Phi) is 4.99. The summed E-state index contributed by atoms with van der Waals surface area (Å²) in [6.45, 7) is 0.822. The van der Waals surface area contributed by atoms with Crippen molar-refractivity contribution in [3.63, 3.8) is 0 Å². The smallest absolute Gasteiger partial charge is 0.276 e. The van der Waals surface area contributed by atoms with E-state index in [0.717, 1.165) is 31.2 Å². The van der Waals surface area contributed by atoms with Crippen LogP contribution in [0.15, 0.2) is 24.4 Å². The van der Waals surface area contributed by atoms with Crippen molar-refractivity contribution in [2.75, 3.05) is 13.7 Å². The summed E-state index contributed by atoms with van der Waals surface area (Å²) in [4.78, 5) is 53.4. The Morgan fingerprint density at radius 3 is 2.77 bits per heavy atom. The first kappa shape index (κ1) is 21.9. The van der Waals surface area contributed by atoms with Gasteiger partial charge in [-0.1, -0.05) is 5.21 Å². The van der Waals surface area contributed by atoms with Crippen LogP contribution >= 0.6 is 0 Å². The van der Waals surface area contributed by atoms with Gasteiger partial charge in [0.1, 0.15) is 6.04 Å². The number of methoxy groups -OCH3 is 1. The molecule has 0 radical (unpaired) electrons. The fourth-order valence-corrected chi connectivity index (χ4v) is 5.84. The third kappa shape index (κ3) is 3.44. The molecule has 11 heteroatoms. The monoisotopic (exact) mass is 478 g/mol. The number of ether oxygens (including phenoxy) is 1. The lowest BCUT2D eigenvalue weighted by atomic mass is 9.74. The minimum Gasteiger partial charge on any atom is -0.380 e. The van der Waals surface area contributed by atoms with Gasteiger partial charge in [0, 0.05) is 37.7 Å². The predicted molar refractivity (Wildman–Crippen MR) is 120 cm³/mol. The van der Waals surface area contributed by atoms with E-state index in [0.29, 0.717) is 24.2 Å². The molecule has 0 bridgehead atoms.